The molecule has 0 aliphatic rings. The van der Waals surface area contributed by atoms with E-state index in [4.69, 9.17) is 11.6 Å². The fraction of sp³-hybridized carbons (Fsp3) is 1.00. The van der Waals surface area contributed by atoms with Crippen molar-refractivity contribution in [3.63, 3.8) is 0 Å². The summed E-state index contributed by atoms with van der Waals surface area (Å²) < 4.78 is 0. The fourth-order valence-electron chi connectivity index (χ4n) is 1.57. The van der Waals surface area contributed by atoms with Gasteiger partial charge in [-0.3, -0.25) is 0 Å². The zero-order chi connectivity index (χ0) is 8.91. The molecule has 0 nitrogen and oxygen atoms in total. The van der Waals surface area contributed by atoms with Crippen LogP contribution in [0.4, 0.5) is 0 Å². The lowest BCUT2D eigenvalue weighted by molar-refractivity contribution is 0.296. The highest BCUT2D eigenvalue weighted by atomic mass is 35.5. The Morgan fingerprint density at radius 2 is 1.82 bits per heavy atom. The second-order valence-electron chi connectivity index (χ2n) is 4.70. The molecule has 0 unspecified atom stereocenters. The molecule has 0 aliphatic heterocycles. The minimum atomic E-state index is 0.478. The van der Waals surface area contributed by atoms with Gasteiger partial charge in [-0.15, -0.1) is 11.6 Å². The van der Waals surface area contributed by atoms with Gasteiger partial charge in [0.1, 0.15) is 0 Å². The van der Waals surface area contributed by atoms with Crippen LogP contribution in [-0.4, -0.2) is 5.88 Å². The van der Waals surface area contributed by atoms with E-state index in [1.54, 1.807) is 0 Å². The highest BCUT2D eigenvalue weighted by Crippen LogP contribution is 2.26. The van der Waals surface area contributed by atoms with E-state index < -0.39 is 0 Å². The van der Waals surface area contributed by atoms with Gasteiger partial charge in [-0.2, -0.15) is 0 Å². The molecule has 0 aromatic heterocycles. The molecule has 0 aliphatic carbocycles. The van der Waals surface area contributed by atoms with E-state index in [2.05, 4.69) is 27.7 Å². The molecule has 0 radical (unpaired) electrons. The molecule has 0 N–H and O–H groups in total. The van der Waals surface area contributed by atoms with Crippen LogP contribution in [0.1, 0.15) is 47.0 Å². The van der Waals surface area contributed by atoms with Gasteiger partial charge in [0, 0.05) is 5.88 Å². The normalized spacial score (nSPS) is 15.0. The van der Waals surface area contributed by atoms with E-state index in [0.29, 0.717) is 5.41 Å². The lowest BCUT2D eigenvalue weighted by Crippen LogP contribution is -2.10. The maximum atomic E-state index is 5.62. The predicted molar refractivity (Wildman–Crippen MR) is 53.2 cm³/mol. The first-order valence-electron chi connectivity index (χ1n) is 4.51. The summed E-state index contributed by atoms with van der Waals surface area (Å²) in [4.78, 5) is 0. The third-order valence-corrected chi connectivity index (χ3v) is 2.06. The van der Waals surface area contributed by atoms with Crippen molar-refractivity contribution in [3.8, 4) is 0 Å². The van der Waals surface area contributed by atoms with Crippen LogP contribution < -0.4 is 0 Å². The molecule has 1 atom stereocenters. The SMILES string of the molecule is C[C@@H](CCCCl)CC(C)(C)C. The van der Waals surface area contributed by atoms with Crippen molar-refractivity contribution >= 4 is 11.6 Å². The Bertz CT molecular complexity index is 91.5. The zero-order valence-corrected chi connectivity index (χ0v) is 9.04. The molecule has 0 aromatic carbocycles. The first-order chi connectivity index (χ1) is 4.95. The van der Waals surface area contributed by atoms with Crippen LogP contribution in [0.2, 0.25) is 0 Å². The Hall–Kier alpha value is 0.290. The first-order valence-corrected chi connectivity index (χ1v) is 5.05. The number of alkyl halides is 1. The molecule has 0 spiro atoms. The van der Waals surface area contributed by atoms with Crippen molar-refractivity contribution < 1.29 is 0 Å². The average Bonchev–Trinajstić information content (AvgIpc) is 1.79. The van der Waals surface area contributed by atoms with E-state index in [-0.39, 0.29) is 0 Å². The van der Waals surface area contributed by atoms with Gasteiger partial charge in [-0.25, -0.2) is 0 Å². The summed E-state index contributed by atoms with van der Waals surface area (Å²) in [6.45, 7) is 9.20. The van der Waals surface area contributed by atoms with E-state index in [1.165, 1.54) is 19.3 Å². The topological polar surface area (TPSA) is 0 Å². The molecule has 0 fully saturated rings. The van der Waals surface area contributed by atoms with Crippen molar-refractivity contribution in [2.45, 2.75) is 47.0 Å². The Kier molecular flexibility index (Phi) is 5.16. The van der Waals surface area contributed by atoms with Gasteiger partial charge >= 0.3 is 0 Å². The van der Waals surface area contributed by atoms with Gasteiger partial charge in [0.2, 0.25) is 0 Å². The predicted octanol–water partition coefficient (Wildman–Crippen LogP) is 4.08. The third kappa shape index (κ3) is 8.19. The molecular formula is C10H21Cl. The van der Waals surface area contributed by atoms with Gasteiger partial charge in [0.05, 0.1) is 0 Å². The Morgan fingerprint density at radius 3 is 2.18 bits per heavy atom. The molecular weight excluding hydrogens is 156 g/mol. The number of hydrogen-bond acceptors (Lipinski definition) is 0. The summed E-state index contributed by atoms with van der Waals surface area (Å²) in [5, 5.41) is 0. The number of rotatable bonds is 4. The maximum absolute atomic E-state index is 5.62. The van der Waals surface area contributed by atoms with Crippen molar-refractivity contribution in [2.24, 2.45) is 11.3 Å². The molecule has 1 heteroatoms. The van der Waals surface area contributed by atoms with Crippen LogP contribution in [-0.2, 0) is 0 Å². The molecule has 68 valence electrons. The second-order valence-corrected chi connectivity index (χ2v) is 5.08. The summed E-state index contributed by atoms with van der Waals surface area (Å²) in [5.41, 5.74) is 0.478. The Morgan fingerprint density at radius 1 is 1.27 bits per heavy atom. The molecule has 11 heavy (non-hydrogen) atoms. The van der Waals surface area contributed by atoms with Gasteiger partial charge in [0.25, 0.3) is 0 Å². The summed E-state index contributed by atoms with van der Waals surface area (Å²) in [5.74, 6) is 1.64. The zero-order valence-electron chi connectivity index (χ0n) is 8.28. The van der Waals surface area contributed by atoms with Crippen molar-refractivity contribution in [1.82, 2.24) is 0 Å². The summed E-state index contributed by atoms with van der Waals surface area (Å²) in [6, 6.07) is 0. The fourth-order valence-corrected chi connectivity index (χ4v) is 1.73. The largest absolute Gasteiger partial charge is 0.127 e. The second kappa shape index (κ2) is 5.03. The average molecular weight is 177 g/mol. The van der Waals surface area contributed by atoms with Crippen LogP contribution in [0, 0.1) is 11.3 Å². The molecule has 0 saturated carbocycles. The molecule has 0 amide bonds. The minimum absolute atomic E-state index is 0.478. The summed E-state index contributed by atoms with van der Waals surface area (Å²) in [7, 11) is 0. The molecule has 0 rings (SSSR count). The maximum Gasteiger partial charge on any atom is 0.0223 e. The monoisotopic (exact) mass is 176 g/mol. The van der Waals surface area contributed by atoms with Gasteiger partial charge in [0.15, 0.2) is 0 Å². The molecule has 0 saturated heterocycles. The van der Waals surface area contributed by atoms with E-state index >= 15 is 0 Å². The van der Waals surface area contributed by atoms with E-state index in [9.17, 15) is 0 Å². The van der Waals surface area contributed by atoms with Crippen molar-refractivity contribution in [3.05, 3.63) is 0 Å². The van der Waals surface area contributed by atoms with Crippen LogP contribution in [0.5, 0.6) is 0 Å². The van der Waals surface area contributed by atoms with Gasteiger partial charge in [-0.1, -0.05) is 27.7 Å². The third-order valence-electron chi connectivity index (χ3n) is 1.79. The highest BCUT2D eigenvalue weighted by molar-refractivity contribution is 6.17. The standard InChI is InChI=1S/C10H21Cl/c1-9(6-5-7-11)8-10(2,3)4/h9H,5-8H2,1-4H3/t9-/m0/s1. The van der Waals surface area contributed by atoms with Gasteiger partial charge in [-0.05, 0) is 30.6 Å². The quantitative estimate of drug-likeness (QED) is 0.567. The lowest BCUT2D eigenvalue weighted by atomic mass is 9.84. The minimum Gasteiger partial charge on any atom is -0.127 e. The van der Waals surface area contributed by atoms with E-state index in [0.717, 1.165) is 11.8 Å². The van der Waals surface area contributed by atoms with Gasteiger partial charge < -0.3 is 0 Å². The van der Waals surface area contributed by atoms with Crippen LogP contribution in [0.3, 0.4) is 0 Å². The summed E-state index contributed by atoms with van der Waals surface area (Å²) >= 11 is 5.62. The molecule has 0 heterocycles. The highest BCUT2D eigenvalue weighted by Gasteiger charge is 2.14. The number of halogens is 1. The van der Waals surface area contributed by atoms with Crippen molar-refractivity contribution in [1.29, 1.82) is 0 Å². The number of hydrogen-bond donors (Lipinski definition) is 0. The van der Waals surface area contributed by atoms with E-state index in [1.807, 2.05) is 0 Å². The first kappa shape index (κ1) is 11.3. The smallest absolute Gasteiger partial charge is 0.0223 e. The summed E-state index contributed by atoms with van der Waals surface area (Å²) in [6.07, 6.45) is 3.75. The van der Waals surface area contributed by atoms with Crippen LogP contribution in [0.25, 0.3) is 0 Å². The molecule has 0 bridgehead atoms. The lowest BCUT2D eigenvalue weighted by Gasteiger charge is -2.22. The molecule has 0 aromatic rings. The van der Waals surface area contributed by atoms with Crippen molar-refractivity contribution in [2.75, 3.05) is 5.88 Å². The Labute approximate surface area is 76.3 Å². The Balaban J connectivity index is 3.44. The van der Waals surface area contributed by atoms with Crippen LogP contribution >= 0.6 is 11.6 Å². The van der Waals surface area contributed by atoms with Crippen LogP contribution in [0.15, 0.2) is 0 Å².